The zero-order chi connectivity index (χ0) is 16.3. The van der Waals surface area contributed by atoms with E-state index in [1.165, 1.54) is 0 Å². The Kier molecular flexibility index (Phi) is 3.00. The summed E-state index contributed by atoms with van der Waals surface area (Å²) in [5.41, 5.74) is 4.43. The molecule has 24 heavy (non-hydrogen) atoms. The molecular weight excluding hydrogens is 413 g/mol. The fourth-order valence-corrected chi connectivity index (χ4v) is 3.98. The molecule has 118 valence electrons. The molecule has 1 aliphatic heterocycles. The molecule has 0 amide bonds. The van der Waals surface area contributed by atoms with Crippen LogP contribution in [0, 0.1) is 3.77 Å². The average Bonchev–Trinajstić information content (AvgIpc) is 3.20. The van der Waals surface area contributed by atoms with Crippen molar-refractivity contribution in [3.05, 3.63) is 70.2 Å². The van der Waals surface area contributed by atoms with E-state index in [0.717, 1.165) is 37.6 Å². The molecule has 2 aromatic heterocycles. The van der Waals surface area contributed by atoms with Gasteiger partial charge in [-0.25, -0.2) is 4.98 Å². The highest BCUT2D eigenvalue weighted by Crippen LogP contribution is 2.43. The number of para-hydroxylation sites is 3. The first-order chi connectivity index (χ1) is 11.7. The maximum atomic E-state index is 5.98. The van der Waals surface area contributed by atoms with Crippen LogP contribution in [0.1, 0.15) is 11.9 Å². The van der Waals surface area contributed by atoms with Gasteiger partial charge in [0.05, 0.1) is 11.0 Å². The van der Waals surface area contributed by atoms with Gasteiger partial charge in [-0.15, -0.1) is 0 Å². The number of fused-ring (bicyclic) bond motifs is 5. The van der Waals surface area contributed by atoms with E-state index >= 15 is 0 Å². The topological polar surface area (TPSA) is 34.2 Å². The molecule has 1 aliphatic rings. The van der Waals surface area contributed by atoms with Crippen molar-refractivity contribution in [1.29, 1.82) is 0 Å². The number of halogens is 1. The summed E-state index contributed by atoms with van der Waals surface area (Å²) in [5, 5.41) is 0. The second-order valence-corrected chi connectivity index (χ2v) is 7.00. The van der Waals surface area contributed by atoms with Crippen molar-refractivity contribution >= 4 is 39.3 Å². The molecule has 4 nitrogen and oxygen atoms in total. The molecule has 1 atom stereocenters. The number of furan rings is 1. The van der Waals surface area contributed by atoms with Crippen LogP contribution in [0.3, 0.4) is 0 Å². The quantitative estimate of drug-likeness (QED) is 0.406. The van der Waals surface area contributed by atoms with Crippen LogP contribution in [0.15, 0.2) is 65.1 Å². The number of nitrogens with zero attached hydrogens (tertiary/aromatic N) is 3. The Hall–Kier alpha value is -2.28. The Morgan fingerprint density at radius 3 is 2.62 bits per heavy atom. The lowest BCUT2D eigenvalue weighted by Gasteiger charge is -2.36. The Morgan fingerprint density at radius 1 is 1.00 bits per heavy atom. The molecule has 2 aromatic carbocycles. The molecule has 5 heteroatoms. The van der Waals surface area contributed by atoms with E-state index in [4.69, 9.17) is 9.40 Å². The minimum atomic E-state index is -0.0502. The summed E-state index contributed by atoms with van der Waals surface area (Å²) in [6.45, 7) is 0. The van der Waals surface area contributed by atoms with Gasteiger partial charge in [-0.05, 0) is 59.0 Å². The molecule has 3 heterocycles. The Morgan fingerprint density at radius 2 is 1.79 bits per heavy atom. The molecule has 0 N–H and O–H groups in total. The highest BCUT2D eigenvalue weighted by atomic mass is 127. The van der Waals surface area contributed by atoms with Gasteiger partial charge in [0.15, 0.2) is 9.93 Å². The maximum Gasteiger partial charge on any atom is 0.167 e. The molecule has 4 aromatic rings. The van der Waals surface area contributed by atoms with Crippen LogP contribution in [0.25, 0.3) is 22.4 Å². The fourth-order valence-electron chi connectivity index (χ4n) is 3.54. The smallest absolute Gasteiger partial charge is 0.167 e. The van der Waals surface area contributed by atoms with E-state index < -0.39 is 0 Å². The van der Waals surface area contributed by atoms with Crippen molar-refractivity contribution < 1.29 is 4.42 Å². The van der Waals surface area contributed by atoms with Gasteiger partial charge >= 0.3 is 0 Å². The first kappa shape index (κ1) is 14.1. The van der Waals surface area contributed by atoms with E-state index in [-0.39, 0.29) is 6.17 Å². The lowest BCUT2D eigenvalue weighted by Crippen LogP contribution is -2.33. The van der Waals surface area contributed by atoms with Crippen molar-refractivity contribution in [2.24, 2.45) is 0 Å². The summed E-state index contributed by atoms with van der Waals surface area (Å²) in [6, 6.07) is 20.7. The molecule has 0 radical (unpaired) electrons. The second kappa shape index (κ2) is 5.11. The third-order valence-electron chi connectivity index (χ3n) is 4.58. The molecule has 0 unspecified atom stereocenters. The zero-order valence-corrected chi connectivity index (χ0v) is 15.1. The van der Waals surface area contributed by atoms with Crippen LogP contribution in [-0.4, -0.2) is 16.6 Å². The largest absolute Gasteiger partial charge is 0.451 e. The average molecular weight is 427 g/mol. The number of aromatic nitrogens is 2. The van der Waals surface area contributed by atoms with Gasteiger partial charge < -0.3 is 9.32 Å². The molecule has 0 aliphatic carbocycles. The standard InChI is InChI=1S/C19H14IN3O/c1-22-14-8-4-2-6-12(14)18-21-13-7-3-5-9-15(13)23(18)19(22)16-10-11-17(20)24-16/h2-11,19H,1H3/t19-/m1/s1. The highest BCUT2D eigenvalue weighted by molar-refractivity contribution is 14.1. The number of hydrogen-bond acceptors (Lipinski definition) is 3. The minimum absolute atomic E-state index is 0.0502. The number of anilines is 1. The van der Waals surface area contributed by atoms with Gasteiger partial charge in [0.25, 0.3) is 0 Å². The zero-order valence-electron chi connectivity index (χ0n) is 13.0. The van der Waals surface area contributed by atoms with Gasteiger partial charge in [0, 0.05) is 18.3 Å². The number of hydrogen-bond donors (Lipinski definition) is 0. The molecule has 0 saturated heterocycles. The van der Waals surface area contributed by atoms with E-state index in [0.29, 0.717) is 0 Å². The summed E-state index contributed by atoms with van der Waals surface area (Å²) in [5.74, 6) is 1.90. The second-order valence-electron chi connectivity index (χ2n) is 5.94. The van der Waals surface area contributed by atoms with Gasteiger partial charge in [-0.3, -0.25) is 4.57 Å². The lowest BCUT2D eigenvalue weighted by molar-refractivity contribution is 0.413. The van der Waals surface area contributed by atoms with Crippen LogP contribution < -0.4 is 4.90 Å². The third kappa shape index (κ3) is 1.87. The van der Waals surface area contributed by atoms with E-state index in [1.807, 2.05) is 12.1 Å². The van der Waals surface area contributed by atoms with E-state index in [2.05, 4.69) is 87.6 Å². The lowest BCUT2D eigenvalue weighted by atomic mass is 10.1. The maximum absolute atomic E-state index is 5.98. The normalized spacial score (nSPS) is 16.2. The number of benzene rings is 2. The number of rotatable bonds is 1. The van der Waals surface area contributed by atoms with Gasteiger partial charge in [-0.2, -0.15) is 0 Å². The predicted molar refractivity (Wildman–Crippen MR) is 103 cm³/mol. The van der Waals surface area contributed by atoms with Crippen molar-refractivity contribution in [3.8, 4) is 11.4 Å². The van der Waals surface area contributed by atoms with Crippen LogP contribution >= 0.6 is 22.6 Å². The van der Waals surface area contributed by atoms with E-state index in [1.54, 1.807) is 0 Å². The van der Waals surface area contributed by atoms with Gasteiger partial charge in [0.2, 0.25) is 0 Å². The monoisotopic (exact) mass is 427 g/mol. The van der Waals surface area contributed by atoms with Crippen molar-refractivity contribution in [2.75, 3.05) is 11.9 Å². The molecule has 0 fully saturated rings. The summed E-state index contributed by atoms with van der Waals surface area (Å²) >= 11 is 2.21. The highest BCUT2D eigenvalue weighted by Gasteiger charge is 2.33. The van der Waals surface area contributed by atoms with Crippen molar-refractivity contribution in [3.63, 3.8) is 0 Å². The summed E-state index contributed by atoms with van der Waals surface area (Å²) in [7, 11) is 2.11. The molecule has 5 rings (SSSR count). The van der Waals surface area contributed by atoms with Crippen molar-refractivity contribution in [1.82, 2.24) is 9.55 Å². The first-order valence-electron chi connectivity index (χ1n) is 7.78. The molecule has 0 bridgehead atoms. The van der Waals surface area contributed by atoms with Gasteiger partial charge in [0.1, 0.15) is 11.6 Å². The fraction of sp³-hybridized carbons (Fsp3) is 0.105. The van der Waals surface area contributed by atoms with Crippen LogP contribution in [0.5, 0.6) is 0 Å². The Bertz CT molecular complexity index is 1070. The van der Waals surface area contributed by atoms with Crippen LogP contribution in [-0.2, 0) is 0 Å². The summed E-state index contributed by atoms with van der Waals surface area (Å²) < 4.78 is 9.14. The first-order valence-corrected chi connectivity index (χ1v) is 8.86. The minimum Gasteiger partial charge on any atom is -0.451 e. The predicted octanol–water partition coefficient (Wildman–Crippen LogP) is 4.90. The summed E-state index contributed by atoms with van der Waals surface area (Å²) in [6.07, 6.45) is -0.0502. The third-order valence-corrected chi connectivity index (χ3v) is 5.16. The van der Waals surface area contributed by atoms with Gasteiger partial charge in [-0.1, -0.05) is 24.3 Å². The molecule has 0 spiro atoms. The van der Waals surface area contributed by atoms with E-state index in [9.17, 15) is 0 Å². The van der Waals surface area contributed by atoms with Crippen LogP contribution in [0.2, 0.25) is 0 Å². The molecule has 0 saturated carbocycles. The van der Waals surface area contributed by atoms with Crippen LogP contribution in [0.4, 0.5) is 5.69 Å². The summed E-state index contributed by atoms with van der Waals surface area (Å²) in [4.78, 5) is 7.16. The molecular formula is C19H14IN3O. The Balaban J connectivity index is 1.88. The Labute approximate surface area is 152 Å². The SMILES string of the molecule is CN1c2ccccc2-c2nc3ccccc3n2[C@@H]1c1ccc(I)o1. The number of imidazole rings is 1. The van der Waals surface area contributed by atoms with Crippen molar-refractivity contribution in [2.45, 2.75) is 6.17 Å².